The number of piperidine rings is 1. The van der Waals surface area contributed by atoms with Crippen LogP contribution in [0.5, 0.6) is 11.5 Å². The molecule has 1 aromatic rings. The predicted octanol–water partition coefficient (Wildman–Crippen LogP) is 2.53. The van der Waals surface area contributed by atoms with Gasteiger partial charge < -0.3 is 14.7 Å². The second-order valence-electron chi connectivity index (χ2n) is 6.44. The van der Waals surface area contributed by atoms with Gasteiger partial charge in [-0.1, -0.05) is 12.1 Å². The van der Waals surface area contributed by atoms with Crippen molar-refractivity contribution in [2.24, 2.45) is 5.92 Å². The molecular formula is C16H21NO2. The summed E-state index contributed by atoms with van der Waals surface area (Å²) in [7, 11) is 2.22. The summed E-state index contributed by atoms with van der Waals surface area (Å²) in [5.41, 5.74) is 1.44. The molecule has 102 valence electrons. The molecule has 0 amide bonds. The number of rotatable bonds is 0. The first-order chi connectivity index (χ1) is 9.22. The number of hydrogen-bond donors (Lipinski definition) is 1. The molecule has 3 aliphatic rings. The molecule has 1 aromatic carbocycles. The van der Waals surface area contributed by atoms with Gasteiger partial charge in [0.2, 0.25) is 0 Å². The second-order valence-corrected chi connectivity index (χ2v) is 6.44. The number of phenolic OH excluding ortho intramolecular Hbond substituents is 1. The highest BCUT2D eigenvalue weighted by Gasteiger charge is 2.57. The van der Waals surface area contributed by atoms with Gasteiger partial charge in [0, 0.05) is 17.5 Å². The average molecular weight is 259 g/mol. The quantitative estimate of drug-likeness (QED) is 0.777. The molecule has 3 atom stereocenters. The molecule has 1 spiro atoms. The van der Waals surface area contributed by atoms with Gasteiger partial charge in [0.15, 0.2) is 11.5 Å². The highest BCUT2D eigenvalue weighted by molar-refractivity contribution is 5.54. The van der Waals surface area contributed by atoms with Gasteiger partial charge in [-0.05, 0) is 51.3 Å². The number of para-hydroxylation sites is 1. The monoisotopic (exact) mass is 259 g/mol. The zero-order valence-electron chi connectivity index (χ0n) is 11.4. The topological polar surface area (TPSA) is 32.7 Å². The van der Waals surface area contributed by atoms with Crippen LogP contribution < -0.4 is 4.74 Å². The number of benzene rings is 1. The first-order valence-corrected chi connectivity index (χ1v) is 7.39. The van der Waals surface area contributed by atoms with Crippen LogP contribution in [-0.2, 0) is 5.41 Å². The number of fused-ring (bicyclic) bond motifs is 1. The minimum absolute atomic E-state index is 0.166. The molecule has 2 aliphatic heterocycles. The number of ether oxygens (including phenoxy) is 1. The summed E-state index contributed by atoms with van der Waals surface area (Å²) in [6, 6.07) is 5.90. The molecule has 1 saturated carbocycles. The smallest absolute Gasteiger partial charge is 0.165 e. The van der Waals surface area contributed by atoms with E-state index in [0.29, 0.717) is 11.7 Å². The first kappa shape index (κ1) is 11.6. The van der Waals surface area contributed by atoms with Gasteiger partial charge in [-0.2, -0.15) is 0 Å². The third kappa shape index (κ3) is 1.42. The van der Waals surface area contributed by atoms with Crippen molar-refractivity contribution in [2.75, 3.05) is 20.1 Å². The van der Waals surface area contributed by atoms with Gasteiger partial charge in [0.1, 0.15) is 6.10 Å². The molecule has 2 fully saturated rings. The van der Waals surface area contributed by atoms with Crippen molar-refractivity contribution in [1.29, 1.82) is 0 Å². The molecule has 4 rings (SSSR count). The molecule has 0 aromatic heterocycles. The van der Waals surface area contributed by atoms with E-state index < -0.39 is 0 Å². The van der Waals surface area contributed by atoms with Gasteiger partial charge in [-0.3, -0.25) is 0 Å². The van der Waals surface area contributed by atoms with E-state index >= 15 is 0 Å². The fraction of sp³-hybridized carbons (Fsp3) is 0.625. The summed E-state index contributed by atoms with van der Waals surface area (Å²) < 4.78 is 6.17. The van der Waals surface area contributed by atoms with E-state index in [1.165, 1.54) is 18.4 Å². The summed E-state index contributed by atoms with van der Waals surface area (Å²) in [5.74, 6) is 1.76. The fourth-order valence-corrected chi connectivity index (χ4v) is 4.64. The Kier molecular flexibility index (Phi) is 2.37. The molecule has 19 heavy (non-hydrogen) atoms. The molecule has 0 unspecified atom stereocenters. The van der Waals surface area contributed by atoms with E-state index in [9.17, 15) is 5.11 Å². The highest BCUT2D eigenvalue weighted by atomic mass is 16.5. The molecular weight excluding hydrogens is 238 g/mol. The lowest BCUT2D eigenvalue weighted by atomic mass is 9.58. The molecule has 3 heteroatoms. The zero-order chi connectivity index (χ0) is 13.0. The van der Waals surface area contributed by atoms with E-state index in [4.69, 9.17) is 4.74 Å². The SMILES string of the molecule is CN1CC[C@@]23c4cccc(O)c4O[C@@H]2CCC[C@H]3C1. The predicted molar refractivity (Wildman–Crippen MR) is 73.7 cm³/mol. The highest BCUT2D eigenvalue weighted by Crippen LogP contribution is 2.58. The van der Waals surface area contributed by atoms with Crippen LogP contribution in [0.3, 0.4) is 0 Å². The molecule has 0 bridgehead atoms. The van der Waals surface area contributed by atoms with E-state index in [-0.39, 0.29) is 11.5 Å². The molecule has 1 N–H and O–H groups in total. The van der Waals surface area contributed by atoms with Crippen molar-refractivity contribution in [3.63, 3.8) is 0 Å². The van der Waals surface area contributed by atoms with Gasteiger partial charge in [0.25, 0.3) is 0 Å². The Hall–Kier alpha value is -1.22. The zero-order valence-corrected chi connectivity index (χ0v) is 11.4. The third-order valence-corrected chi connectivity index (χ3v) is 5.52. The van der Waals surface area contributed by atoms with Gasteiger partial charge in [0.05, 0.1) is 0 Å². The maximum Gasteiger partial charge on any atom is 0.165 e. The van der Waals surface area contributed by atoms with Crippen molar-refractivity contribution < 1.29 is 9.84 Å². The second kappa shape index (κ2) is 3.89. The van der Waals surface area contributed by atoms with Crippen LogP contribution >= 0.6 is 0 Å². The number of nitrogens with zero attached hydrogens (tertiary/aromatic N) is 1. The lowest BCUT2D eigenvalue weighted by Gasteiger charge is -2.50. The van der Waals surface area contributed by atoms with Crippen LogP contribution in [0.4, 0.5) is 0 Å². The normalized spacial score (nSPS) is 37.1. The van der Waals surface area contributed by atoms with E-state index in [1.807, 2.05) is 6.07 Å². The summed E-state index contributed by atoms with van der Waals surface area (Å²) in [4.78, 5) is 2.44. The Morgan fingerprint density at radius 2 is 2.26 bits per heavy atom. The number of hydrogen-bond acceptors (Lipinski definition) is 3. The number of likely N-dealkylation sites (tertiary alicyclic amines) is 1. The maximum absolute atomic E-state index is 10.1. The van der Waals surface area contributed by atoms with Crippen molar-refractivity contribution in [2.45, 2.75) is 37.2 Å². The van der Waals surface area contributed by atoms with E-state index in [0.717, 1.165) is 31.7 Å². The Labute approximate surface area is 114 Å². The van der Waals surface area contributed by atoms with Crippen LogP contribution in [0.2, 0.25) is 0 Å². The minimum Gasteiger partial charge on any atom is -0.504 e. The Morgan fingerprint density at radius 1 is 1.37 bits per heavy atom. The summed E-state index contributed by atoms with van der Waals surface area (Å²) in [5, 5.41) is 10.1. The van der Waals surface area contributed by atoms with Crippen LogP contribution in [0.15, 0.2) is 18.2 Å². The Bertz CT molecular complexity index is 515. The average Bonchev–Trinajstić information content (AvgIpc) is 2.74. The summed E-state index contributed by atoms with van der Waals surface area (Å²) >= 11 is 0. The summed E-state index contributed by atoms with van der Waals surface area (Å²) in [6.45, 7) is 2.29. The molecule has 1 aliphatic carbocycles. The van der Waals surface area contributed by atoms with Crippen molar-refractivity contribution in [3.8, 4) is 11.5 Å². The number of aromatic hydroxyl groups is 1. The molecule has 2 heterocycles. The minimum atomic E-state index is 0.166. The van der Waals surface area contributed by atoms with Crippen molar-refractivity contribution >= 4 is 0 Å². The lowest BCUT2D eigenvalue weighted by molar-refractivity contribution is -0.000158. The molecule has 1 saturated heterocycles. The van der Waals surface area contributed by atoms with Crippen molar-refractivity contribution in [1.82, 2.24) is 4.90 Å². The standard InChI is InChI=1S/C16H21NO2/c1-17-9-8-16-11(10-17)4-2-7-14(16)19-15-12(16)5-3-6-13(15)18/h3,5-6,11,14,18H,2,4,7-10H2,1H3/t11-,14+,16+/m0/s1. The lowest BCUT2D eigenvalue weighted by Crippen LogP contribution is -2.55. The summed E-state index contributed by atoms with van der Waals surface area (Å²) in [6.07, 6.45) is 5.12. The Morgan fingerprint density at radius 3 is 3.16 bits per heavy atom. The molecule has 3 nitrogen and oxygen atoms in total. The van der Waals surface area contributed by atoms with Gasteiger partial charge in [-0.15, -0.1) is 0 Å². The third-order valence-electron chi connectivity index (χ3n) is 5.52. The van der Waals surface area contributed by atoms with Gasteiger partial charge >= 0.3 is 0 Å². The largest absolute Gasteiger partial charge is 0.504 e. The Balaban J connectivity index is 1.86. The fourth-order valence-electron chi connectivity index (χ4n) is 4.64. The van der Waals surface area contributed by atoms with Crippen LogP contribution in [0.1, 0.15) is 31.2 Å². The van der Waals surface area contributed by atoms with Crippen LogP contribution in [0, 0.1) is 5.92 Å². The maximum atomic E-state index is 10.1. The van der Waals surface area contributed by atoms with E-state index in [1.54, 1.807) is 6.07 Å². The van der Waals surface area contributed by atoms with E-state index in [2.05, 4.69) is 18.0 Å². The van der Waals surface area contributed by atoms with Gasteiger partial charge in [-0.25, -0.2) is 0 Å². The van der Waals surface area contributed by atoms with Crippen LogP contribution in [0.25, 0.3) is 0 Å². The first-order valence-electron chi connectivity index (χ1n) is 7.39. The molecule has 0 radical (unpaired) electrons. The van der Waals surface area contributed by atoms with Crippen molar-refractivity contribution in [3.05, 3.63) is 23.8 Å². The number of phenols is 1. The van der Waals surface area contributed by atoms with Crippen LogP contribution in [-0.4, -0.2) is 36.2 Å².